The van der Waals surface area contributed by atoms with Gasteiger partial charge in [-0.05, 0) is 30.0 Å². The first-order valence-corrected chi connectivity index (χ1v) is 7.04. The van der Waals surface area contributed by atoms with Gasteiger partial charge in [0, 0.05) is 11.3 Å². The summed E-state index contributed by atoms with van der Waals surface area (Å²) in [7, 11) is 0. The Morgan fingerprint density at radius 1 is 0.950 bits per heavy atom. The molecule has 2 heteroatoms. The molecule has 2 rings (SSSR count). The Morgan fingerprint density at radius 2 is 1.50 bits per heavy atom. The van der Waals surface area contributed by atoms with Crippen molar-refractivity contribution in [2.75, 3.05) is 5.73 Å². The van der Waals surface area contributed by atoms with E-state index in [1.54, 1.807) is 0 Å². The number of nitrogens with two attached hydrogens (primary N) is 1. The fraction of sp³-hybridized carbons (Fsp3) is 0.278. The monoisotopic (exact) mass is 264 g/mol. The molecule has 20 heavy (non-hydrogen) atoms. The number of para-hydroxylation sites is 1. The van der Waals surface area contributed by atoms with E-state index in [0.29, 0.717) is 0 Å². The lowest BCUT2D eigenvalue weighted by Crippen LogP contribution is -2.23. The van der Waals surface area contributed by atoms with E-state index >= 15 is 0 Å². The van der Waals surface area contributed by atoms with Crippen LogP contribution in [0, 0.1) is 11.3 Å². The molecule has 0 spiro atoms. The first-order valence-electron chi connectivity index (χ1n) is 7.04. The van der Waals surface area contributed by atoms with E-state index in [9.17, 15) is 5.26 Å². The van der Waals surface area contributed by atoms with Gasteiger partial charge in [-0.2, -0.15) is 5.26 Å². The van der Waals surface area contributed by atoms with Crippen LogP contribution in [-0.4, -0.2) is 0 Å². The minimum atomic E-state index is -0.446. The molecule has 0 heterocycles. The maximum Gasteiger partial charge on any atom is 0.0823 e. The summed E-state index contributed by atoms with van der Waals surface area (Å²) in [4.78, 5) is 0. The van der Waals surface area contributed by atoms with E-state index < -0.39 is 5.41 Å². The maximum atomic E-state index is 9.69. The average Bonchev–Trinajstić information content (AvgIpc) is 2.51. The average molecular weight is 264 g/mol. The smallest absolute Gasteiger partial charge is 0.0823 e. The molecule has 0 radical (unpaired) electrons. The quantitative estimate of drug-likeness (QED) is 0.825. The molecule has 2 nitrogen and oxygen atoms in total. The largest absolute Gasteiger partial charge is 0.398 e. The molecule has 2 aromatic rings. The summed E-state index contributed by atoms with van der Waals surface area (Å²) in [6, 6.07) is 18.4. The van der Waals surface area contributed by atoms with Gasteiger partial charge in [0.15, 0.2) is 0 Å². The number of rotatable bonds is 4. The van der Waals surface area contributed by atoms with E-state index in [4.69, 9.17) is 5.73 Å². The molecule has 0 saturated heterocycles. The molecule has 0 unspecified atom stereocenters. The van der Waals surface area contributed by atoms with Crippen LogP contribution in [-0.2, 0) is 5.41 Å². The standard InChI is InChI=1S/C18H20N2/c1-3-18(4-2,13-19)16-11-7-5-9-14(16)15-10-6-8-12-17(15)20/h5-12H,3-4,20H2,1-2H3. The highest BCUT2D eigenvalue weighted by atomic mass is 14.6. The van der Waals surface area contributed by atoms with Gasteiger partial charge < -0.3 is 5.73 Å². The van der Waals surface area contributed by atoms with Crippen molar-refractivity contribution in [2.24, 2.45) is 0 Å². The lowest BCUT2D eigenvalue weighted by atomic mass is 9.74. The highest BCUT2D eigenvalue weighted by Crippen LogP contribution is 2.39. The zero-order chi connectivity index (χ0) is 14.6. The Labute approximate surface area is 120 Å². The van der Waals surface area contributed by atoms with Crippen molar-refractivity contribution in [3.63, 3.8) is 0 Å². The van der Waals surface area contributed by atoms with Crippen LogP contribution in [0.15, 0.2) is 48.5 Å². The molecule has 0 bridgehead atoms. The topological polar surface area (TPSA) is 49.8 Å². The minimum Gasteiger partial charge on any atom is -0.398 e. The number of benzene rings is 2. The Balaban J connectivity index is 2.69. The zero-order valence-corrected chi connectivity index (χ0v) is 12.1. The Morgan fingerprint density at radius 3 is 2.05 bits per heavy atom. The van der Waals surface area contributed by atoms with E-state index in [1.165, 1.54) is 0 Å². The molecule has 2 N–H and O–H groups in total. The van der Waals surface area contributed by atoms with Gasteiger partial charge in [0.2, 0.25) is 0 Å². The predicted molar refractivity (Wildman–Crippen MR) is 84.2 cm³/mol. The van der Waals surface area contributed by atoms with Crippen LogP contribution >= 0.6 is 0 Å². The van der Waals surface area contributed by atoms with Crippen LogP contribution in [0.3, 0.4) is 0 Å². The summed E-state index contributed by atoms with van der Waals surface area (Å²) < 4.78 is 0. The van der Waals surface area contributed by atoms with Gasteiger partial charge in [-0.3, -0.25) is 0 Å². The van der Waals surface area contributed by atoms with Crippen LogP contribution in [0.1, 0.15) is 32.3 Å². The van der Waals surface area contributed by atoms with Gasteiger partial charge in [-0.15, -0.1) is 0 Å². The van der Waals surface area contributed by atoms with Gasteiger partial charge in [0.25, 0.3) is 0 Å². The SMILES string of the molecule is CCC(C#N)(CC)c1ccccc1-c1ccccc1N. The van der Waals surface area contributed by atoms with Crippen molar-refractivity contribution in [3.8, 4) is 17.2 Å². The third-order valence-corrected chi connectivity index (χ3v) is 4.11. The van der Waals surface area contributed by atoms with Crippen molar-refractivity contribution < 1.29 is 0 Å². The lowest BCUT2D eigenvalue weighted by molar-refractivity contribution is 0.512. The number of nitrogen functional groups attached to an aromatic ring is 1. The summed E-state index contributed by atoms with van der Waals surface area (Å²) >= 11 is 0. The maximum absolute atomic E-state index is 9.69. The minimum absolute atomic E-state index is 0.446. The first kappa shape index (κ1) is 14.1. The Bertz CT molecular complexity index is 634. The zero-order valence-electron chi connectivity index (χ0n) is 12.1. The molecular formula is C18H20N2. The van der Waals surface area contributed by atoms with E-state index in [1.807, 2.05) is 36.4 Å². The van der Waals surface area contributed by atoms with Gasteiger partial charge in [-0.25, -0.2) is 0 Å². The van der Waals surface area contributed by atoms with Gasteiger partial charge in [0.05, 0.1) is 11.5 Å². The van der Waals surface area contributed by atoms with Crippen molar-refractivity contribution in [2.45, 2.75) is 32.1 Å². The molecular weight excluding hydrogens is 244 g/mol. The van der Waals surface area contributed by atoms with E-state index in [2.05, 4.69) is 32.0 Å². The van der Waals surface area contributed by atoms with Crippen LogP contribution in [0.2, 0.25) is 0 Å². The van der Waals surface area contributed by atoms with Crippen molar-refractivity contribution in [1.82, 2.24) is 0 Å². The van der Waals surface area contributed by atoms with Crippen molar-refractivity contribution >= 4 is 5.69 Å². The van der Waals surface area contributed by atoms with Gasteiger partial charge in [0.1, 0.15) is 0 Å². The molecule has 0 atom stereocenters. The molecule has 0 aromatic heterocycles. The molecule has 0 fully saturated rings. The third kappa shape index (κ3) is 2.28. The summed E-state index contributed by atoms with van der Waals surface area (Å²) in [5.41, 5.74) is 9.55. The van der Waals surface area contributed by atoms with Crippen molar-refractivity contribution in [3.05, 3.63) is 54.1 Å². The number of nitriles is 1. The molecule has 2 aromatic carbocycles. The van der Waals surface area contributed by atoms with Crippen LogP contribution in [0.25, 0.3) is 11.1 Å². The van der Waals surface area contributed by atoms with Crippen LogP contribution in [0.5, 0.6) is 0 Å². The fourth-order valence-corrected chi connectivity index (χ4v) is 2.73. The summed E-state index contributed by atoms with van der Waals surface area (Å²) in [6.07, 6.45) is 1.59. The second kappa shape index (κ2) is 5.79. The molecule has 0 aliphatic carbocycles. The normalized spacial score (nSPS) is 11.1. The molecule has 0 aliphatic rings. The summed E-state index contributed by atoms with van der Waals surface area (Å²) in [5, 5.41) is 9.69. The Kier molecular flexibility index (Phi) is 4.10. The summed E-state index contributed by atoms with van der Waals surface area (Å²) in [5.74, 6) is 0. The third-order valence-electron chi connectivity index (χ3n) is 4.11. The van der Waals surface area contributed by atoms with E-state index in [-0.39, 0.29) is 0 Å². The number of hydrogen-bond donors (Lipinski definition) is 1. The molecule has 0 aliphatic heterocycles. The molecule has 102 valence electrons. The molecule has 0 amide bonds. The first-order chi connectivity index (χ1) is 9.68. The van der Waals surface area contributed by atoms with Gasteiger partial charge in [-0.1, -0.05) is 56.3 Å². The van der Waals surface area contributed by atoms with E-state index in [0.717, 1.165) is 35.2 Å². The predicted octanol–water partition coefficient (Wildman–Crippen LogP) is 4.52. The number of anilines is 1. The Hall–Kier alpha value is -2.27. The lowest BCUT2D eigenvalue weighted by Gasteiger charge is -2.27. The fourth-order valence-electron chi connectivity index (χ4n) is 2.73. The number of hydrogen-bond acceptors (Lipinski definition) is 2. The van der Waals surface area contributed by atoms with Crippen LogP contribution < -0.4 is 5.73 Å². The van der Waals surface area contributed by atoms with Crippen molar-refractivity contribution in [1.29, 1.82) is 5.26 Å². The molecule has 0 saturated carbocycles. The second-order valence-corrected chi connectivity index (χ2v) is 5.03. The summed E-state index contributed by atoms with van der Waals surface area (Å²) in [6.45, 7) is 4.13. The van der Waals surface area contributed by atoms with Gasteiger partial charge >= 0.3 is 0 Å². The highest BCUT2D eigenvalue weighted by Gasteiger charge is 2.30. The van der Waals surface area contributed by atoms with Crippen LogP contribution in [0.4, 0.5) is 5.69 Å². The second-order valence-electron chi connectivity index (χ2n) is 5.03. The number of nitrogens with zero attached hydrogens (tertiary/aromatic N) is 1. The highest BCUT2D eigenvalue weighted by molar-refractivity contribution is 5.79.